The lowest BCUT2D eigenvalue weighted by molar-refractivity contribution is -0.126. The molecular weight excluding hydrogens is 218 g/mol. The van der Waals surface area contributed by atoms with Crippen LogP contribution < -0.4 is 11.1 Å². The zero-order chi connectivity index (χ0) is 13.0. The largest absolute Gasteiger partial charge is 0.368 e. The Kier molecular flexibility index (Phi) is 4.25. The zero-order valence-corrected chi connectivity index (χ0v) is 10.7. The van der Waals surface area contributed by atoms with Gasteiger partial charge in [-0.3, -0.25) is 4.79 Å². The lowest BCUT2D eigenvalue weighted by Crippen LogP contribution is -2.29. The highest BCUT2D eigenvalue weighted by atomic mass is 16.2. The molecule has 0 radical (unpaired) electrons. The van der Waals surface area contributed by atoms with Gasteiger partial charge in [0.25, 0.3) is 0 Å². The highest BCUT2D eigenvalue weighted by Crippen LogP contribution is 2.16. The molecule has 0 aliphatic carbocycles. The van der Waals surface area contributed by atoms with E-state index >= 15 is 0 Å². The van der Waals surface area contributed by atoms with Gasteiger partial charge in [-0.05, 0) is 13.3 Å². The summed E-state index contributed by atoms with van der Waals surface area (Å²) in [5.74, 6) is 0.844. The fourth-order valence-corrected chi connectivity index (χ4v) is 1.42. The van der Waals surface area contributed by atoms with Crippen LogP contribution in [0.4, 0.5) is 11.8 Å². The molecule has 6 heteroatoms. The number of rotatable bonds is 4. The molecule has 0 bridgehead atoms. The molecule has 0 saturated heterocycles. The van der Waals surface area contributed by atoms with E-state index in [0.717, 1.165) is 17.7 Å². The first-order chi connectivity index (χ1) is 7.95. The Hall–Kier alpha value is -1.85. The van der Waals surface area contributed by atoms with Crippen molar-refractivity contribution in [2.75, 3.05) is 31.7 Å². The summed E-state index contributed by atoms with van der Waals surface area (Å²) in [7, 11) is 3.42. The Morgan fingerprint density at radius 2 is 2.06 bits per heavy atom. The second-order valence-electron chi connectivity index (χ2n) is 4.00. The number of nitrogens with two attached hydrogens (primary N) is 1. The SMILES string of the molecule is CCc1nc(N)nc(NCC(=O)N(C)C)c1C. The third-order valence-corrected chi connectivity index (χ3v) is 2.50. The van der Waals surface area contributed by atoms with E-state index in [1.54, 1.807) is 14.1 Å². The molecule has 94 valence electrons. The smallest absolute Gasteiger partial charge is 0.241 e. The summed E-state index contributed by atoms with van der Waals surface area (Å²) >= 11 is 0. The van der Waals surface area contributed by atoms with Crippen molar-refractivity contribution in [2.45, 2.75) is 20.3 Å². The topological polar surface area (TPSA) is 84.1 Å². The van der Waals surface area contributed by atoms with Crippen molar-refractivity contribution in [1.29, 1.82) is 0 Å². The van der Waals surface area contributed by atoms with Gasteiger partial charge in [0.15, 0.2) is 0 Å². The summed E-state index contributed by atoms with van der Waals surface area (Å²) in [6.45, 7) is 4.12. The number of carbonyl (C=O) groups excluding carboxylic acids is 1. The van der Waals surface area contributed by atoms with Crippen molar-refractivity contribution in [3.8, 4) is 0 Å². The molecule has 0 unspecified atom stereocenters. The number of nitrogens with one attached hydrogen (secondary N) is 1. The average molecular weight is 237 g/mol. The van der Waals surface area contributed by atoms with E-state index in [0.29, 0.717) is 5.82 Å². The predicted molar refractivity (Wildman–Crippen MR) is 67.7 cm³/mol. The number of nitrogens with zero attached hydrogens (tertiary/aromatic N) is 3. The van der Waals surface area contributed by atoms with Crippen LogP contribution in [0.15, 0.2) is 0 Å². The van der Waals surface area contributed by atoms with Crippen LogP contribution in [0, 0.1) is 6.92 Å². The molecular formula is C11H19N5O. The number of carbonyl (C=O) groups is 1. The summed E-state index contributed by atoms with van der Waals surface area (Å²) in [5, 5.41) is 2.99. The second kappa shape index (κ2) is 5.47. The number of amides is 1. The molecule has 3 N–H and O–H groups in total. The highest BCUT2D eigenvalue weighted by Gasteiger charge is 2.10. The van der Waals surface area contributed by atoms with Crippen LogP contribution in [0.2, 0.25) is 0 Å². The summed E-state index contributed by atoms with van der Waals surface area (Å²) < 4.78 is 0. The van der Waals surface area contributed by atoms with Gasteiger partial charge in [0.1, 0.15) is 5.82 Å². The van der Waals surface area contributed by atoms with Crippen LogP contribution in [-0.4, -0.2) is 41.4 Å². The van der Waals surface area contributed by atoms with Crippen LogP contribution >= 0.6 is 0 Å². The van der Waals surface area contributed by atoms with Gasteiger partial charge in [-0.15, -0.1) is 0 Å². The van der Waals surface area contributed by atoms with E-state index in [-0.39, 0.29) is 18.4 Å². The van der Waals surface area contributed by atoms with Crippen molar-refractivity contribution < 1.29 is 4.79 Å². The molecule has 0 saturated carbocycles. The van der Waals surface area contributed by atoms with Crippen LogP contribution in [0.5, 0.6) is 0 Å². The number of nitrogen functional groups attached to an aromatic ring is 1. The van der Waals surface area contributed by atoms with E-state index in [2.05, 4.69) is 15.3 Å². The van der Waals surface area contributed by atoms with Crippen molar-refractivity contribution in [3.63, 3.8) is 0 Å². The van der Waals surface area contributed by atoms with Gasteiger partial charge < -0.3 is 16.0 Å². The molecule has 1 aromatic heterocycles. The second-order valence-corrected chi connectivity index (χ2v) is 4.00. The van der Waals surface area contributed by atoms with Gasteiger partial charge in [0.2, 0.25) is 11.9 Å². The first kappa shape index (κ1) is 13.2. The molecule has 0 aromatic carbocycles. The highest BCUT2D eigenvalue weighted by molar-refractivity contribution is 5.80. The molecule has 1 rings (SSSR count). The van der Waals surface area contributed by atoms with Crippen LogP contribution in [-0.2, 0) is 11.2 Å². The van der Waals surface area contributed by atoms with Gasteiger partial charge in [-0.25, -0.2) is 4.98 Å². The maximum absolute atomic E-state index is 11.5. The van der Waals surface area contributed by atoms with Gasteiger partial charge >= 0.3 is 0 Å². The minimum Gasteiger partial charge on any atom is -0.368 e. The van der Waals surface area contributed by atoms with E-state index in [1.165, 1.54) is 4.90 Å². The first-order valence-electron chi connectivity index (χ1n) is 5.52. The van der Waals surface area contributed by atoms with Crippen molar-refractivity contribution in [2.24, 2.45) is 0 Å². The van der Waals surface area contributed by atoms with Crippen molar-refractivity contribution in [1.82, 2.24) is 14.9 Å². The van der Waals surface area contributed by atoms with E-state index in [9.17, 15) is 4.79 Å². The van der Waals surface area contributed by atoms with Crippen LogP contribution in [0.3, 0.4) is 0 Å². The van der Waals surface area contributed by atoms with Crippen molar-refractivity contribution in [3.05, 3.63) is 11.3 Å². The number of anilines is 2. The molecule has 17 heavy (non-hydrogen) atoms. The molecule has 6 nitrogen and oxygen atoms in total. The number of aryl methyl sites for hydroxylation is 1. The molecule has 0 aliphatic rings. The maximum atomic E-state index is 11.5. The predicted octanol–water partition coefficient (Wildman–Crippen LogP) is 0.430. The van der Waals surface area contributed by atoms with Crippen LogP contribution in [0.25, 0.3) is 0 Å². The average Bonchev–Trinajstić information content (AvgIpc) is 2.29. The van der Waals surface area contributed by atoms with Gasteiger partial charge in [0, 0.05) is 19.7 Å². The monoisotopic (exact) mass is 237 g/mol. The Morgan fingerprint density at radius 3 is 2.59 bits per heavy atom. The van der Waals surface area contributed by atoms with Gasteiger partial charge in [0.05, 0.1) is 12.2 Å². The zero-order valence-electron chi connectivity index (χ0n) is 10.7. The van der Waals surface area contributed by atoms with E-state index in [4.69, 9.17) is 5.73 Å². The summed E-state index contributed by atoms with van der Waals surface area (Å²) in [5.41, 5.74) is 7.45. The molecule has 0 atom stereocenters. The Labute approximate surface area is 101 Å². The van der Waals surface area contributed by atoms with Crippen molar-refractivity contribution >= 4 is 17.7 Å². The normalized spacial score (nSPS) is 10.1. The lowest BCUT2D eigenvalue weighted by Gasteiger charge is -2.14. The third kappa shape index (κ3) is 3.30. The molecule has 1 heterocycles. The fraction of sp³-hybridized carbons (Fsp3) is 0.545. The molecule has 1 aromatic rings. The summed E-state index contributed by atoms with van der Waals surface area (Å²) in [4.78, 5) is 21.2. The number of hydrogen-bond acceptors (Lipinski definition) is 5. The number of hydrogen-bond donors (Lipinski definition) is 2. The fourth-order valence-electron chi connectivity index (χ4n) is 1.42. The van der Waals surface area contributed by atoms with Gasteiger partial charge in [-0.1, -0.05) is 6.92 Å². The third-order valence-electron chi connectivity index (χ3n) is 2.50. The molecule has 0 fully saturated rings. The summed E-state index contributed by atoms with van der Waals surface area (Å²) in [6, 6.07) is 0. The quantitative estimate of drug-likeness (QED) is 0.793. The number of aromatic nitrogens is 2. The minimum atomic E-state index is -0.0142. The molecule has 0 aliphatic heterocycles. The Balaban J connectivity index is 2.84. The van der Waals surface area contributed by atoms with E-state index < -0.39 is 0 Å². The Morgan fingerprint density at radius 1 is 1.41 bits per heavy atom. The molecule has 0 spiro atoms. The number of likely N-dealkylation sites (N-methyl/N-ethyl adjacent to an activating group) is 1. The Bertz CT molecular complexity index is 417. The standard InChI is InChI=1S/C11H19N5O/c1-5-8-7(2)10(15-11(12)14-8)13-6-9(17)16(3)4/h5-6H2,1-4H3,(H3,12,13,14,15). The maximum Gasteiger partial charge on any atom is 0.241 e. The van der Waals surface area contributed by atoms with Gasteiger partial charge in [-0.2, -0.15) is 4.98 Å². The van der Waals surface area contributed by atoms with Crippen LogP contribution in [0.1, 0.15) is 18.2 Å². The lowest BCUT2D eigenvalue weighted by atomic mass is 10.2. The minimum absolute atomic E-state index is 0.0142. The summed E-state index contributed by atoms with van der Waals surface area (Å²) in [6.07, 6.45) is 0.787. The molecule has 1 amide bonds. The first-order valence-corrected chi connectivity index (χ1v) is 5.52. The van der Waals surface area contributed by atoms with E-state index in [1.807, 2.05) is 13.8 Å².